The van der Waals surface area contributed by atoms with Gasteiger partial charge in [-0.15, -0.1) is 0 Å². The normalized spacial score (nSPS) is 15.4. The molecule has 0 bridgehead atoms. The molecule has 0 spiro atoms. The fourth-order valence-electron chi connectivity index (χ4n) is 4.65. The Morgan fingerprint density at radius 1 is 0.865 bits per heavy atom. The van der Waals surface area contributed by atoms with Crippen molar-refractivity contribution < 1.29 is 26.0 Å². The third-order valence-electron chi connectivity index (χ3n) is 6.45. The molecule has 194 valence electrons. The van der Waals surface area contributed by atoms with E-state index in [2.05, 4.69) is 15.3 Å². The summed E-state index contributed by atoms with van der Waals surface area (Å²) in [6.07, 6.45) is 8.28. The Bertz CT molecular complexity index is 1480. The molecule has 1 aliphatic rings. The molecule has 1 fully saturated rings. The number of anilines is 2. The topological polar surface area (TPSA) is 97.1 Å². The second-order valence-electron chi connectivity index (χ2n) is 9.04. The van der Waals surface area contributed by atoms with Crippen LogP contribution >= 0.6 is 0 Å². The van der Waals surface area contributed by atoms with E-state index in [0.717, 1.165) is 42.2 Å². The van der Waals surface area contributed by atoms with Crippen molar-refractivity contribution in [3.8, 4) is 22.5 Å². The maximum Gasteiger partial charge on any atom is 0.516 e. The molecule has 0 amide bonds. The van der Waals surface area contributed by atoms with Crippen LogP contribution in [0.4, 0.5) is 24.7 Å². The summed E-state index contributed by atoms with van der Waals surface area (Å²) in [7, 11) is -5.52. The zero-order chi connectivity index (χ0) is 26.0. The largest absolute Gasteiger partial charge is 0.516 e. The van der Waals surface area contributed by atoms with E-state index in [-0.39, 0.29) is 11.7 Å². The monoisotopic (exact) mass is 530 g/mol. The Kier molecular flexibility index (Phi) is 6.80. The van der Waals surface area contributed by atoms with Gasteiger partial charge in [0.25, 0.3) is 0 Å². The van der Waals surface area contributed by atoms with Crippen LogP contribution in [0.2, 0.25) is 0 Å². The predicted molar refractivity (Wildman–Crippen MR) is 136 cm³/mol. The fraction of sp³-hybridized carbons (Fsp3) is 0.308. The number of aromatic nitrogens is 2. The van der Waals surface area contributed by atoms with E-state index in [9.17, 15) is 21.6 Å². The average Bonchev–Trinajstić information content (AvgIpc) is 3.08. The molecule has 4 aromatic rings. The Hall–Kier alpha value is -3.60. The molecule has 2 heterocycles. The van der Waals surface area contributed by atoms with Crippen LogP contribution in [0.5, 0.6) is 0 Å². The summed E-state index contributed by atoms with van der Waals surface area (Å²) >= 11 is 0. The molecule has 2 N–H and O–H groups in total. The first-order chi connectivity index (χ1) is 17.7. The molecule has 0 aliphatic heterocycles. The van der Waals surface area contributed by atoms with Crippen LogP contribution in [0, 0.1) is 0 Å². The molecule has 11 heteroatoms. The van der Waals surface area contributed by atoms with Gasteiger partial charge in [-0.1, -0.05) is 56.0 Å². The first-order valence-electron chi connectivity index (χ1n) is 12.0. The standard InChI is InChI=1S/C26H25F3N4O3S/c27-26(28,29)37(34,35)33-20-14-12-18(13-15-20)23-21(17-8-4-3-5-9-17)22-24(30-16-31-25(22)36-23)32-19-10-6-1-2-7-11-19/h3-5,8-9,12-16,19,33H,1-2,6-7,10-11H2,(H,30,31,32). The number of halogens is 3. The minimum Gasteiger partial charge on any atom is -0.437 e. The van der Waals surface area contributed by atoms with Crippen LogP contribution < -0.4 is 10.0 Å². The van der Waals surface area contributed by atoms with E-state index in [1.54, 1.807) is 4.72 Å². The molecular weight excluding hydrogens is 505 g/mol. The SMILES string of the molecule is O=S(=O)(Nc1ccc(-c2oc3ncnc(NC4CCCCCC4)c3c2-c2ccccc2)cc1)C(F)(F)F. The van der Waals surface area contributed by atoms with Gasteiger partial charge in [-0.25, -0.2) is 9.97 Å². The van der Waals surface area contributed by atoms with Crippen LogP contribution in [0.15, 0.2) is 65.3 Å². The van der Waals surface area contributed by atoms with Gasteiger partial charge in [-0.2, -0.15) is 21.6 Å². The van der Waals surface area contributed by atoms with Crippen molar-refractivity contribution in [2.75, 3.05) is 10.0 Å². The van der Waals surface area contributed by atoms with E-state index in [1.807, 2.05) is 30.3 Å². The Balaban J connectivity index is 1.58. The summed E-state index contributed by atoms with van der Waals surface area (Å²) < 4.78 is 69.0. The van der Waals surface area contributed by atoms with Gasteiger partial charge in [0.05, 0.1) is 5.39 Å². The molecule has 1 saturated carbocycles. The highest BCUT2D eigenvalue weighted by Gasteiger charge is 2.46. The number of alkyl halides is 3. The number of benzene rings is 2. The Morgan fingerprint density at radius 3 is 2.19 bits per heavy atom. The second kappa shape index (κ2) is 10.0. The summed E-state index contributed by atoms with van der Waals surface area (Å²) in [6, 6.07) is 15.4. The zero-order valence-corrected chi connectivity index (χ0v) is 20.6. The van der Waals surface area contributed by atoms with Crippen molar-refractivity contribution in [1.82, 2.24) is 9.97 Å². The lowest BCUT2D eigenvalue weighted by Crippen LogP contribution is -2.29. The van der Waals surface area contributed by atoms with Gasteiger partial charge in [0, 0.05) is 22.9 Å². The van der Waals surface area contributed by atoms with Crippen LogP contribution in [0.3, 0.4) is 0 Å². The van der Waals surface area contributed by atoms with Gasteiger partial charge in [0.15, 0.2) is 0 Å². The quantitative estimate of drug-likeness (QED) is 0.262. The van der Waals surface area contributed by atoms with Crippen molar-refractivity contribution in [3.63, 3.8) is 0 Å². The second-order valence-corrected chi connectivity index (χ2v) is 10.7. The summed E-state index contributed by atoms with van der Waals surface area (Å²) in [4.78, 5) is 8.88. The smallest absolute Gasteiger partial charge is 0.437 e. The van der Waals surface area contributed by atoms with Crippen LogP contribution in [0.1, 0.15) is 38.5 Å². The fourth-order valence-corrected chi connectivity index (χ4v) is 5.21. The maximum absolute atomic E-state index is 12.8. The number of sulfonamides is 1. The highest BCUT2D eigenvalue weighted by Crippen LogP contribution is 2.43. The number of fused-ring (bicyclic) bond motifs is 1. The van der Waals surface area contributed by atoms with E-state index in [1.165, 1.54) is 43.4 Å². The van der Waals surface area contributed by atoms with Crippen molar-refractivity contribution in [2.45, 2.75) is 50.1 Å². The molecule has 0 unspecified atom stereocenters. The minimum absolute atomic E-state index is 0.214. The maximum atomic E-state index is 12.8. The molecular formula is C26H25F3N4O3S. The molecule has 2 aromatic carbocycles. The highest BCUT2D eigenvalue weighted by atomic mass is 32.2. The number of hydrogen-bond donors (Lipinski definition) is 2. The Labute approximate surface area is 212 Å². The lowest BCUT2D eigenvalue weighted by atomic mass is 9.99. The first kappa shape index (κ1) is 25.1. The van der Waals surface area contributed by atoms with E-state index in [4.69, 9.17) is 4.42 Å². The number of nitrogens with one attached hydrogen (secondary N) is 2. The first-order valence-corrected chi connectivity index (χ1v) is 13.5. The van der Waals surface area contributed by atoms with Gasteiger partial charge in [-0.05, 0) is 42.7 Å². The minimum atomic E-state index is -5.52. The molecule has 37 heavy (non-hydrogen) atoms. The molecule has 0 radical (unpaired) electrons. The Morgan fingerprint density at radius 2 is 1.54 bits per heavy atom. The molecule has 5 rings (SSSR count). The van der Waals surface area contributed by atoms with E-state index >= 15 is 0 Å². The van der Waals surface area contributed by atoms with Gasteiger partial charge in [0.1, 0.15) is 17.9 Å². The average molecular weight is 531 g/mol. The van der Waals surface area contributed by atoms with Crippen molar-refractivity contribution in [2.24, 2.45) is 0 Å². The van der Waals surface area contributed by atoms with Gasteiger partial charge >= 0.3 is 15.5 Å². The lowest BCUT2D eigenvalue weighted by Gasteiger charge is -2.17. The van der Waals surface area contributed by atoms with E-state index < -0.39 is 15.5 Å². The zero-order valence-electron chi connectivity index (χ0n) is 19.8. The molecule has 2 aromatic heterocycles. The molecule has 7 nitrogen and oxygen atoms in total. The van der Waals surface area contributed by atoms with Crippen LogP contribution in [0.25, 0.3) is 33.6 Å². The summed E-state index contributed by atoms with van der Waals surface area (Å²) in [6.45, 7) is 0. The number of rotatable bonds is 6. The van der Waals surface area contributed by atoms with Gasteiger partial charge < -0.3 is 9.73 Å². The lowest BCUT2D eigenvalue weighted by molar-refractivity contribution is -0.0429. The summed E-state index contributed by atoms with van der Waals surface area (Å²) in [5.41, 5.74) is -3.10. The number of hydrogen-bond acceptors (Lipinski definition) is 6. The van der Waals surface area contributed by atoms with Crippen LogP contribution in [-0.2, 0) is 10.0 Å². The molecule has 0 atom stereocenters. The van der Waals surface area contributed by atoms with Crippen molar-refractivity contribution >= 4 is 32.6 Å². The van der Waals surface area contributed by atoms with Crippen molar-refractivity contribution in [3.05, 3.63) is 60.9 Å². The molecule has 0 saturated heterocycles. The predicted octanol–water partition coefficient (Wildman–Crippen LogP) is 6.95. The third-order valence-corrected chi connectivity index (χ3v) is 7.56. The van der Waals surface area contributed by atoms with Gasteiger partial charge in [0.2, 0.25) is 5.71 Å². The molecule has 1 aliphatic carbocycles. The summed E-state index contributed by atoms with van der Waals surface area (Å²) in [5, 5.41) is 4.31. The highest BCUT2D eigenvalue weighted by molar-refractivity contribution is 7.93. The number of nitrogens with zero attached hydrogens (tertiary/aromatic N) is 2. The third kappa shape index (κ3) is 5.27. The van der Waals surface area contributed by atoms with Crippen LogP contribution in [-0.4, -0.2) is 29.9 Å². The van der Waals surface area contributed by atoms with E-state index in [0.29, 0.717) is 22.9 Å². The number of furan rings is 1. The van der Waals surface area contributed by atoms with Gasteiger partial charge in [-0.3, -0.25) is 4.72 Å². The van der Waals surface area contributed by atoms with Crippen molar-refractivity contribution in [1.29, 1.82) is 0 Å². The summed E-state index contributed by atoms with van der Waals surface area (Å²) in [5.74, 6) is 1.12.